The van der Waals surface area contributed by atoms with Crippen LogP contribution in [0.5, 0.6) is 0 Å². The molecule has 0 atom stereocenters. The van der Waals surface area contributed by atoms with Crippen molar-refractivity contribution >= 4 is 35.5 Å². The third kappa shape index (κ3) is 4.35. The number of amides is 2. The van der Waals surface area contributed by atoms with Crippen LogP contribution in [0.1, 0.15) is 30.0 Å². The van der Waals surface area contributed by atoms with Crippen LogP contribution in [0, 0.1) is 11.3 Å². The molecule has 1 aliphatic heterocycles. The number of aliphatic hydroxyl groups is 1. The van der Waals surface area contributed by atoms with Crippen molar-refractivity contribution in [1.29, 1.82) is 5.26 Å². The molecular formula is C23H19ClN2O6. The summed E-state index contributed by atoms with van der Waals surface area (Å²) in [5, 5.41) is 18.8. The molecule has 1 aromatic carbocycles. The second kappa shape index (κ2) is 9.64. The Kier molecular flexibility index (Phi) is 6.93. The maximum atomic E-state index is 12.8. The van der Waals surface area contributed by atoms with Crippen LogP contribution in [0.3, 0.4) is 0 Å². The molecule has 3 rings (SSSR count). The Morgan fingerprint density at radius 3 is 2.69 bits per heavy atom. The average molecular weight is 455 g/mol. The zero-order valence-corrected chi connectivity index (χ0v) is 18.1. The van der Waals surface area contributed by atoms with Gasteiger partial charge in [-0.2, -0.15) is 5.26 Å². The minimum Gasteiger partial charge on any atom is -0.462 e. The number of carbonyl (C=O) groups excluding carboxylic acids is 3. The van der Waals surface area contributed by atoms with Crippen LogP contribution in [0.4, 0.5) is 0 Å². The molecule has 0 saturated carbocycles. The number of esters is 1. The lowest BCUT2D eigenvalue weighted by Crippen LogP contribution is -2.44. The highest BCUT2D eigenvalue weighted by Crippen LogP contribution is 2.30. The molecule has 8 nitrogen and oxygen atoms in total. The van der Waals surface area contributed by atoms with Gasteiger partial charge in [0.1, 0.15) is 23.2 Å². The van der Waals surface area contributed by atoms with Gasteiger partial charge in [0.25, 0.3) is 11.8 Å². The molecular weight excluding hydrogens is 436 g/mol. The van der Waals surface area contributed by atoms with Gasteiger partial charge in [-0.15, -0.1) is 0 Å². The van der Waals surface area contributed by atoms with Crippen molar-refractivity contribution in [2.45, 2.75) is 13.8 Å². The van der Waals surface area contributed by atoms with Crippen molar-refractivity contribution in [1.82, 2.24) is 4.90 Å². The summed E-state index contributed by atoms with van der Waals surface area (Å²) in [6.07, 6.45) is 1.43. The molecule has 0 bridgehead atoms. The lowest BCUT2D eigenvalue weighted by Gasteiger charge is -2.26. The SMILES string of the molecule is CCOC(=O)c1cc(-c2ccc(/C=C3\C(=O)N(CCO)C(=O)C(C#N)=C3C)o2)ccc1Cl. The smallest absolute Gasteiger partial charge is 0.339 e. The predicted molar refractivity (Wildman–Crippen MR) is 115 cm³/mol. The third-order valence-electron chi connectivity index (χ3n) is 4.81. The van der Waals surface area contributed by atoms with Gasteiger partial charge in [0, 0.05) is 11.1 Å². The molecule has 0 unspecified atom stereocenters. The number of imide groups is 1. The van der Waals surface area contributed by atoms with E-state index >= 15 is 0 Å². The van der Waals surface area contributed by atoms with Gasteiger partial charge in [-0.3, -0.25) is 14.5 Å². The molecule has 9 heteroatoms. The lowest BCUT2D eigenvalue weighted by atomic mass is 9.95. The second-order valence-electron chi connectivity index (χ2n) is 6.77. The van der Waals surface area contributed by atoms with Gasteiger partial charge < -0.3 is 14.3 Å². The molecule has 1 aromatic heterocycles. The van der Waals surface area contributed by atoms with Gasteiger partial charge in [-0.05, 0) is 55.8 Å². The molecule has 0 fully saturated rings. The standard InChI is InChI=1S/C23H19ClN2O6/c1-3-31-23(30)17-10-14(4-6-19(17)24)20-7-5-15(32-20)11-16-13(2)18(12-25)22(29)26(8-9-27)21(16)28/h4-7,10-11,27H,3,8-9H2,1-2H3/b16-11-. The summed E-state index contributed by atoms with van der Waals surface area (Å²) >= 11 is 6.10. The van der Waals surface area contributed by atoms with Crippen molar-refractivity contribution < 1.29 is 28.6 Å². The number of nitriles is 1. The summed E-state index contributed by atoms with van der Waals surface area (Å²) in [6, 6.07) is 9.85. The first-order valence-corrected chi connectivity index (χ1v) is 10.1. The topological polar surface area (TPSA) is 121 Å². The molecule has 2 heterocycles. The van der Waals surface area contributed by atoms with E-state index in [2.05, 4.69) is 0 Å². The number of β-amino-alcohol motifs (C(OH)–C–C–N with tert-alkyl or cyclic N) is 1. The summed E-state index contributed by atoms with van der Waals surface area (Å²) in [7, 11) is 0. The number of aliphatic hydroxyl groups excluding tert-OH is 1. The Labute approximate surface area is 188 Å². The molecule has 1 N–H and O–H groups in total. The Balaban J connectivity index is 2.00. The van der Waals surface area contributed by atoms with Crippen molar-refractivity contribution in [3.63, 3.8) is 0 Å². The maximum absolute atomic E-state index is 12.8. The van der Waals surface area contributed by atoms with Crippen LogP contribution in [-0.4, -0.2) is 47.5 Å². The van der Waals surface area contributed by atoms with Gasteiger partial charge in [0.2, 0.25) is 0 Å². The summed E-state index contributed by atoms with van der Waals surface area (Å²) in [5.74, 6) is -1.22. The third-order valence-corrected chi connectivity index (χ3v) is 5.14. The van der Waals surface area contributed by atoms with E-state index in [0.29, 0.717) is 17.1 Å². The van der Waals surface area contributed by atoms with Gasteiger partial charge >= 0.3 is 5.97 Å². The Morgan fingerprint density at radius 1 is 1.28 bits per heavy atom. The molecule has 32 heavy (non-hydrogen) atoms. The summed E-state index contributed by atoms with van der Waals surface area (Å²) in [5.41, 5.74) is 0.928. The molecule has 0 spiro atoms. The fraction of sp³-hybridized carbons (Fsp3) is 0.217. The van der Waals surface area contributed by atoms with E-state index in [1.54, 1.807) is 37.3 Å². The number of carbonyl (C=O) groups is 3. The number of hydrogen-bond donors (Lipinski definition) is 1. The van der Waals surface area contributed by atoms with Crippen LogP contribution in [0.25, 0.3) is 17.4 Å². The monoisotopic (exact) mass is 454 g/mol. The van der Waals surface area contributed by atoms with E-state index in [1.165, 1.54) is 13.0 Å². The zero-order chi connectivity index (χ0) is 23.4. The van der Waals surface area contributed by atoms with Crippen molar-refractivity contribution in [2.24, 2.45) is 0 Å². The van der Waals surface area contributed by atoms with Crippen LogP contribution in [0.15, 0.2) is 51.5 Å². The highest BCUT2D eigenvalue weighted by Gasteiger charge is 2.35. The van der Waals surface area contributed by atoms with Crippen LogP contribution < -0.4 is 0 Å². The largest absolute Gasteiger partial charge is 0.462 e. The summed E-state index contributed by atoms with van der Waals surface area (Å²) < 4.78 is 10.8. The number of halogens is 1. The number of rotatable bonds is 6. The first-order valence-electron chi connectivity index (χ1n) is 9.69. The van der Waals surface area contributed by atoms with Crippen LogP contribution in [0.2, 0.25) is 5.02 Å². The molecule has 2 aromatic rings. The maximum Gasteiger partial charge on any atom is 0.339 e. The van der Waals surface area contributed by atoms with E-state index in [1.807, 2.05) is 6.07 Å². The highest BCUT2D eigenvalue weighted by molar-refractivity contribution is 6.33. The van der Waals surface area contributed by atoms with Crippen LogP contribution >= 0.6 is 11.6 Å². The number of ether oxygens (including phenoxy) is 1. The van der Waals surface area contributed by atoms with Crippen LogP contribution in [-0.2, 0) is 14.3 Å². The lowest BCUT2D eigenvalue weighted by molar-refractivity contribution is -0.141. The van der Waals surface area contributed by atoms with E-state index in [0.717, 1.165) is 4.90 Å². The minimum atomic E-state index is -0.742. The number of benzene rings is 1. The predicted octanol–water partition coefficient (Wildman–Crippen LogP) is 3.36. The number of furan rings is 1. The van der Waals surface area contributed by atoms with Crippen molar-refractivity contribution in [3.8, 4) is 17.4 Å². The normalized spacial score (nSPS) is 15.3. The Bertz CT molecular complexity index is 1200. The molecule has 164 valence electrons. The van der Waals surface area contributed by atoms with Gasteiger partial charge in [-0.25, -0.2) is 4.79 Å². The van der Waals surface area contributed by atoms with Gasteiger partial charge in [0.05, 0.1) is 30.3 Å². The fourth-order valence-corrected chi connectivity index (χ4v) is 3.40. The first kappa shape index (κ1) is 23.0. The van der Waals surface area contributed by atoms with E-state index in [-0.39, 0.29) is 40.5 Å². The summed E-state index contributed by atoms with van der Waals surface area (Å²) in [6.45, 7) is 2.76. The molecule has 2 amide bonds. The first-order chi connectivity index (χ1) is 15.3. The second-order valence-corrected chi connectivity index (χ2v) is 7.18. The molecule has 0 aliphatic carbocycles. The molecule has 1 aliphatic rings. The van der Waals surface area contributed by atoms with Gasteiger partial charge in [-0.1, -0.05) is 11.6 Å². The quantitative estimate of drug-likeness (QED) is 0.403. The van der Waals surface area contributed by atoms with E-state index in [4.69, 9.17) is 20.8 Å². The fourth-order valence-electron chi connectivity index (χ4n) is 3.20. The highest BCUT2D eigenvalue weighted by atomic mass is 35.5. The van der Waals surface area contributed by atoms with Crippen molar-refractivity contribution in [3.05, 3.63) is 63.4 Å². The number of hydrogen-bond acceptors (Lipinski definition) is 7. The average Bonchev–Trinajstić information content (AvgIpc) is 3.24. The summed E-state index contributed by atoms with van der Waals surface area (Å²) in [4.78, 5) is 38.0. The number of nitrogens with zero attached hydrogens (tertiary/aromatic N) is 2. The van der Waals surface area contributed by atoms with Gasteiger partial charge in [0.15, 0.2) is 0 Å². The molecule has 0 radical (unpaired) electrons. The minimum absolute atomic E-state index is 0.110. The Morgan fingerprint density at radius 2 is 2.03 bits per heavy atom. The Hall–Kier alpha value is -3.67. The van der Waals surface area contributed by atoms with Crippen molar-refractivity contribution in [2.75, 3.05) is 19.8 Å². The zero-order valence-electron chi connectivity index (χ0n) is 17.3. The van der Waals surface area contributed by atoms with E-state index in [9.17, 15) is 24.8 Å². The van der Waals surface area contributed by atoms with E-state index < -0.39 is 24.4 Å². The molecule has 0 saturated heterocycles.